The van der Waals surface area contributed by atoms with E-state index >= 15 is 0 Å². The molecular weight excluding hydrogens is 308 g/mol. The summed E-state index contributed by atoms with van der Waals surface area (Å²) in [4.78, 5) is 8.92. The van der Waals surface area contributed by atoms with Crippen molar-refractivity contribution in [3.8, 4) is 17.0 Å². The number of rotatable bonds is 4. The van der Waals surface area contributed by atoms with E-state index in [1.54, 1.807) is 13.3 Å². The molecule has 3 N–H and O–H groups in total. The third kappa shape index (κ3) is 2.71. The summed E-state index contributed by atoms with van der Waals surface area (Å²) in [5, 5.41) is 3.31. The van der Waals surface area contributed by atoms with Gasteiger partial charge in [-0.05, 0) is 18.2 Å². The van der Waals surface area contributed by atoms with Gasteiger partial charge in [0.15, 0.2) is 0 Å². The molecule has 7 nitrogen and oxygen atoms in total. The molecule has 2 fully saturated rings. The highest BCUT2D eigenvalue weighted by atomic mass is 16.6. The second-order valence-corrected chi connectivity index (χ2v) is 5.98. The summed E-state index contributed by atoms with van der Waals surface area (Å²) in [6.45, 7) is 1.06. The second-order valence-electron chi connectivity index (χ2n) is 5.98. The number of methoxy groups -OCH3 is 1. The molecule has 7 heteroatoms. The van der Waals surface area contributed by atoms with Crippen LogP contribution < -0.4 is 15.8 Å². The van der Waals surface area contributed by atoms with Crippen molar-refractivity contribution >= 4 is 5.95 Å². The molecule has 2 saturated heterocycles. The lowest BCUT2D eigenvalue weighted by Gasteiger charge is -2.17. The molecule has 2 aliphatic rings. The van der Waals surface area contributed by atoms with E-state index in [4.69, 9.17) is 19.9 Å². The van der Waals surface area contributed by atoms with E-state index in [-0.39, 0.29) is 24.3 Å². The standard InChI is InChI=1S/C17H20N4O3/c1-22-14-5-3-2-4-10(14)12-6-7-19-17(20-12)21-13-9-24-15-11(18)8-23-16(13)15/h2-7,11,13,15-16H,8-9,18H2,1H3,(H,19,20,21)/t11-,13-,15+,16+/m0/s1. The Morgan fingerprint density at radius 3 is 2.88 bits per heavy atom. The van der Waals surface area contributed by atoms with Crippen molar-refractivity contribution in [2.24, 2.45) is 5.73 Å². The van der Waals surface area contributed by atoms with Gasteiger partial charge in [0, 0.05) is 11.8 Å². The average Bonchev–Trinajstić information content (AvgIpc) is 3.19. The maximum Gasteiger partial charge on any atom is 0.223 e. The number of ether oxygens (including phenoxy) is 3. The molecule has 1 aromatic heterocycles. The topological polar surface area (TPSA) is 91.5 Å². The Hall–Kier alpha value is -2.22. The number of anilines is 1. The number of para-hydroxylation sites is 1. The fraction of sp³-hybridized carbons (Fsp3) is 0.412. The summed E-state index contributed by atoms with van der Waals surface area (Å²) in [6, 6.07) is 9.56. The SMILES string of the molecule is COc1ccccc1-c1ccnc(N[C@H]2CO[C@H]3[C@@H]2OC[C@@H]3N)n1. The minimum Gasteiger partial charge on any atom is -0.496 e. The summed E-state index contributed by atoms with van der Waals surface area (Å²) >= 11 is 0. The predicted molar refractivity (Wildman–Crippen MR) is 88.9 cm³/mol. The van der Waals surface area contributed by atoms with Gasteiger partial charge >= 0.3 is 0 Å². The molecule has 0 radical (unpaired) electrons. The molecule has 0 spiro atoms. The van der Waals surface area contributed by atoms with Crippen molar-refractivity contribution in [3.05, 3.63) is 36.5 Å². The minimum absolute atomic E-state index is 0.00327. The van der Waals surface area contributed by atoms with E-state index in [0.717, 1.165) is 17.0 Å². The maximum atomic E-state index is 5.98. The Bertz CT molecular complexity index is 726. The van der Waals surface area contributed by atoms with Gasteiger partial charge in [0.1, 0.15) is 18.0 Å². The van der Waals surface area contributed by atoms with Gasteiger partial charge in [-0.3, -0.25) is 0 Å². The van der Waals surface area contributed by atoms with Crippen LogP contribution in [0.4, 0.5) is 5.95 Å². The van der Waals surface area contributed by atoms with E-state index in [1.165, 1.54) is 0 Å². The minimum atomic E-state index is -0.0670. The van der Waals surface area contributed by atoms with Crippen LogP contribution in [-0.4, -0.2) is 54.6 Å². The van der Waals surface area contributed by atoms with Crippen molar-refractivity contribution in [3.63, 3.8) is 0 Å². The molecule has 24 heavy (non-hydrogen) atoms. The lowest BCUT2D eigenvalue weighted by Crippen LogP contribution is -2.39. The summed E-state index contributed by atoms with van der Waals surface area (Å²) in [5.41, 5.74) is 7.70. The lowest BCUT2D eigenvalue weighted by molar-refractivity contribution is 0.0698. The Balaban J connectivity index is 1.55. The number of nitrogens with one attached hydrogen (secondary N) is 1. The largest absolute Gasteiger partial charge is 0.496 e. The Labute approximate surface area is 140 Å². The summed E-state index contributed by atoms with van der Waals surface area (Å²) in [7, 11) is 1.65. The third-order valence-electron chi connectivity index (χ3n) is 4.44. The maximum absolute atomic E-state index is 5.98. The monoisotopic (exact) mass is 328 g/mol. The van der Waals surface area contributed by atoms with Crippen LogP contribution in [0.5, 0.6) is 5.75 Å². The van der Waals surface area contributed by atoms with Gasteiger partial charge < -0.3 is 25.3 Å². The van der Waals surface area contributed by atoms with Crippen LogP contribution in [0, 0.1) is 0 Å². The molecule has 4 atom stereocenters. The molecule has 2 aliphatic heterocycles. The number of benzene rings is 1. The summed E-state index contributed by atoms with van der Waals surface area (Å²) in [5.74, 6) is 1.31. The highest BCUT2D eigenvalue weighted by molar-refractivity contribution is 5.67. The Morgan fingerprint density at radius 2 is 2.00 bits per heavy atom. The molecule has 1 aromatic carbocycles. The molecule has 3 heterocycles. The molecule has 0 saturated carbocycles. The molecule has 0 amide bonds. The number of hydrogen-bond donors (Lipinski definition) is 2. The first kappa shape index (κ1) is 15.3. The van der Waals surface area contributed by atoms with Gasteiger partial charge in [-0.15, -0.1) is 0 Å². The number of fused-ring (bicyclic) bond motifs is 1. The predicted octanol–water partition coefficient (Wildman–Crippen LogP) is 1.06. The van der Waals surface area contributed by atoms with E-state index in [1.807, 2.05) is 30.3 Å². The van der Waals surface area contributed by atoms with Gasteiger partial charge in [-0.1, -0.05) is 12.1 Å². The van der Waals surface area contributed by atoms with E-state index in [9.17, 15) is 0 Å². The van der Waals surface area contributed by atoms with Crippen LogP contribution in [0.15, 0.2) is 36.5 Å². The quantitative estimate of drug-likeness (QED) is 0.867. The zero-order chi connectivity index (χ0) is 16.5. The smallest absolute Gasteiger partial charge is 0.223 e. The molecule has 2 aromatic rings. The number of nitrogens with two attached hydrogens (primary N) is 1. The van der Waals surface area contributed by atoms with Crippen LogP contribution in [0.2, 0.25) is 0 Å². The number of aromatic nitrogens is 2. The highest BCUT2D eigenvalue weighted by Crippen LogP contribution is 2.30. The van der Waals surface area contributed by atoms with Crippen molar-refractivity contribution in [1.82, 2.24) is 9.97 Å². The number of hydrogen-bond acceptors (Lipinski definition) is 7. The van der Waals surface area contributed by atoms with Gasteiger partial charge in [-0.2, -0.15) is 0 Å². The zero-order valence-electron chi connectivity index (χ0n) is 13.4. The summed E-state index contributed by atoms with van der Waals surface area (Å²) in [6.07, 6.45) is 1.62. The molecule has 0 unspecified atom stereocenters. The normalized spacial score (nSPS) is 28.6. The van der Waals surface area contributed by atoms with Crippen molar-refractivity contribution in [1.29, 1.82) is 0 Å². The van der Waals surface area contributed by atoms with Gasteiger partial charge in [0.2, 0.25) is 5.95 Å². The lowest BCUT2D eigenvalue weighted by atomic mass is 10.1. The average molecular weight is 328 g/mol. The molecule has 4 rings (SSSR count). The van der Waals surface area contributed by atoms with Crippen molar-refractivity contribution in [2.45, 2.75) is 24.3 Å². The molecule has 126 valence electrons. The van der Waals surface area contributed by atoms with Gasteiger partial charge in [-0.25, -0.2) is 9.97 Å². The first-order valence-electron chi connectivity index (χ1n) is 7.98. The summed E-state index contributed by atoms with van der Waals surface area (Å²) < 4.78 is 16.9. The molecule has 0 bridgehead atoms. The van der Waals surface area contributed by atoms with Gasteiger partial charge in [0.25, 0.3) is 0 Å². The van der Waals surface area contributed by atoms with Crippen LogP contribution in [0.1, 0.15) is 0 Å². The first-order chi connectivity index (χ1) is 11.8. The fourth-order valence-electron chi connectivity index (χ4n) is 3.25. The van der Waals surface area contributed by atoms with E-state index in [0.29, 0.717) is 19.2 Å². The fourth-order valence-corrected chi connectivity index (χ4v) is 3.25. The van der Waals surface area contributed by atoms with Gasteiger partial charge in [0.05, 0.1) is 38.1 Å². The van der Waals surface area contributed by atoms with Crippen LogP contribution in [-0.2, 0) is 9.47 Å². The Kier molecular flexibility index (Phi) is 4.05. The second kappa shape index (κ2) is 6.35. The Morgan fingerprint density at radius 1 is 1.17 bits per heavy atom. The third-order valence-corrected chi connectivity index (χ3v) is 4.44. The van der Waals surface area contributed by atoms with E-state index < -0.39 is 0 Å². The van der Waals surface area contributed by atoms with Crippen molar-refractivity contribution < 1.29 is 14.2 Å². The first-order valence-corrected chi connectivity index (χ1v) is 7.98. The van der Waals surface area contributed by atoms with Crippen LogP contribution in [0.25, 0.3) is 11.3 Å². The highest BCUT2D eigenvalue weighted by Gasteiger charge is 2.46. The molecular formula is C17H20N4O3. The van der Waals surface area contributed by atoms with Crippen molar-refractivity contribution in [2.75, 3.05) is 25.6 Å². The molecule has 0 aliphatic carbocycles. The number of nitrogens with zero attached hydrogens (tertiary/aromatic N) is 2. The van der Waals surface area contributed by atoms with Crippen LogP contribution in [0.3, 0.4) is 0 Å². The van der Waals surface area contributed by atoms with Crippen LogP contribution >= 0.6 is 0 Å². The van der Waals surface area contributed by atoms with E-state index in [2.05, 4.69) is 15.3 Å². The zero-order valence-corrected chi connectivity index (χ0v) is 13.4.